The predicted molar refractivity (Wildman–Crippen MR) is 71.0 cm³/mol. The third-order valence-electron chi connectivity index (χ3n) is 2.64. The molecule has 0 aromatic heterocycles. The summed E-state index contributed by atoms with van der Waals surface area (Å²) in [7, 11) is 0. The molecule has 0 bridgehead atoms. The highest BCUT2D eigenvalue weighted by atomic mass is 35.5. The molecule has 0 aliphatic heterocycles. The van der Waals surface area contributed by atoms with Gasteiger partial charge in [0.05, 0.1) is 10.6 Å². The Kier molecular flexibility index (Phi) is 5.45. The molecule has 0 amide bonds. The van der Waals surface area contributed by atoms with Gasteiger partial charge in [0.25, 0.3) is 0 Å². The first-order valence-corrected chi connectivity index (χ1v) is 6.10. The lowest BCUT2D eigenvalue weighted by Crippen LogP contribution is -2.33. The van der Waals surface area contributed by atoms with Crippen molar-refractivity contribution in [3.05, 3.63) is 28.8 Å². The van der Waals surface area contributed by atoms with Crippen molar-refractivity contribution in [3.63, 3.8) is 0 Å². The molecule has 0 fully saturated rings. The SMILES string of the molecule is CC(C)N(CCCO)c1cccc(Cl)c1C=O. The van der Waals surface area contributed by atoms with Gasteiger partial charge in [0.1, 0.15) is 0 Å². The van der Waals surface area contributed by atoms with Crippen LogP contribution in [0.15, 0.2) is 18.2 Å². The summed E-state index contributed by atoms with van der Waals surface area (Å²) in [5.74, 6) is 0. The highest BCUT2D eigenvalue weighted by molar-refractivity contribution is 6.33. The third-order valence-corrected chi connectivity index (χ3v) is 2.97. The highest BCUT2D eigenvalue weighted by Gasteiger charge is 2.15. The average Bonchev–Trinajstić information content (AvgIpc) is 2.29. The summed E-state index contributed by atoms with van der Waals surface area (Å²) >= 11 is 6.01. The van der Waals surface area contributed by atoms with Crippen LogP contribution in [0.4, 0.5) is 5.69 Å². The first-order chi connectivity index (χ1) is 8.11. The summed E-state index contributed by atoms with van der Waals surface area (Å²) < 4.78 is 0. The van der Waals surface area contributed by atoms with E-state index in [0.717, 1.165) is 12.0 Å². The average molecular weight is 256 g/mol. The Morgan fingerprint density at radius 3 is 2.71 bits per heavy atom. The highest BCUT2D eigenvalue weighted by Crippen LogP contribution is 2.27. The van der Waals surface area contributed by atoms with E-state index in [9.17, 15) is 4.79 Å². The van der Waals surface area contributed by atoms with E-state index in [4.69, 9.17) is 16.7 Å². The van der Waals surface area contributed by atoms with Gasteiger partial charge in [-0.3, -0.25) is 4.79 Å². The fourth-order valence-corrected chi connectivity index (χ4v) is 2.00. The fourth-order valence-electron chi connectivity index (χ4n) is 1.79. The van der Waals surface area contributed by atoms with Gasteiger partial charge in [-0.2, -0.15) is 0 Å². The summed E-state index contributed by atoms with van der Waals surface area (Å²) in [6.45, 7) is 4.94. The normalized spacial score (nSPS) is 10.6. The first-order valence-electron chi connectivity index (χ1n) is 5.73. The van der Waals surface area contributed by atoms with Crippen LogP contribution in [0.2, 0.25) is 5.02 Å². The molecule has 1 aromatic rings. The number of hydrogen-bond acceptors (Lipinski definition) is 3. The monoisotopic (exact) mass is 255 g/mol. The maximum absolute atomic E-state index is 11.1. The Bertz CT molecular complexity index is 380. The molecular formula is C13H18ClNO2. The Balaban J connectivity index is 3.09. The van der Waals surface area contributed by atoms with Crippen LogP contribution < -0.4 is 4.90 Å². The number of aliphatic hydroxyl groups excluding tert-OH is 1. The topological polar surface area (TPSA) is 40.5 Å². The quantitative estimate of drug-likeness (QED) is 0.795. The molecule has 0 saturated heterocycles. The maximum atomic E-state index is 11.1. The molecule has 1 aromatic carbocycles. The van der Waals surface area contributed by atoms with E-state index >= 15 is 0 Å². The molecule has 1 N–H and O–H groups in total. The molecule has 94 valence electrons. The van der Waals surface area contributed by atoms with Gasteiger partial charge in [-0.1, -0.05) is 17.7 Å². The second kappa shape index (κ2) is 6.62. The summed E-state index contributed by atoms with van der Waals surface area (Å²) in [5.41, 5.74) is 1.34. The van der Waals surface area contributed by atoms with E-state index < -0.39 is 0 Å². The zero-order valence-corrected chi connectivity index (χ0v) is 10.9. The third kappa shape index (κ3) is 3.45. The van der Waals surface area contributed by atoms with Crippen LogP contribution in [0.5, 0.6) is 0 Å². The molecule has 1 rings (SSSR count). The van der Waals surface area contributed by atoms with Crippen LogP contribution >= 0.6 is 11.6 Å². The number of aldehydes is 1. The summed E-state index contributed by atoms with van der Waals surface area (Å²) in [6, 6.07) is 5.67. The van der Waals surface area contributed by atoms with Gasteiger partial charge in [0.2, 0.25) is 0 Å². The summed E-state index contributed by atoms with van der Waals surface area (Å²) in [6.07, 6.45) is 1.45. The molecule has 0 aliphatic rings. The van der Waals surface area contributed by atoms with Crippen molar-refractivity contribution in [2.45, 2.75) is 26.3 Å². The van der Waals surface area contributed by atoms with Crippen LogP contribution in [0.1, 0.15) is 30.6 Å². The van der Waals surface area contributed by atoms with Crippen LogP contribution in [0, 0.1) is 0 Å². The maximum Gasteiger partial charge on any atom is 0.153 e. The molecule has 0 radical (unpaired) electrons. The number of halogens is 1. The fraction of sp³-hybridized carbons (Fsp3) is 0.462. The number of hydrogen-bond donors (Lipinski definition) is 1. The molecule has 0 aliphatic carbocycles. The van der Waals surface area contributed by atoms with Crippen LogP contribution in [0.25, 0.3) is 0 Å². The van der Waals surface area contributed by atoms with Gasteiger partial charge in [-0.15, -0.1) is 0 Å². The standard InChI is InChI=1S/C13H18ClNO2/c1-10(2)15(7-4-8-16)13-6-3-5-12(14)11(13)9-17/h3,5-6,9-10,16H,4,7-8H2,1-2H3. The number of carbonyl (C=O) groups is 1. The molecule has 0 heterocycles. The van der Waals surface area contributed by atoms with E-state index in [1.54, 1.807) is 6.07 Å². The summed E-state index contributed by atoms with van der Waals surface area (Å²) in [4.78, 5) is 13.2. The van der Waals surface area contributed by atoms with E-state index in [0.29, 0.717) is 23.6 Å². The lowest BCUT2D eigenvalue weighted by atomic mass is 10.1. The van der Waals surface area contributed by atoms with Crippen LogP contribution in [-0.4, -0.2) is 30.6 Å². The van der Waals surface area contributed by atoms with Gasteiger partial charge >= 0.3 is 0 Å². The second-order valence-electron chi connectivity index (χ2n) is 4.15. The molecular weight excluding hydrogens is 238 g/mol. The molecule has 0 unspecified atom stereocenters. The second-order valence-corrected chi connectivity index (χ2v) is 4.56. The van der Waals surface area contributed by atoms with Gasteiger partial charge in [0.15, 0.2) is 6.29 Å². The smallest absolute Gasteiger partial charge is 0.153 e. The lowest BCUT2D eigenvalue weighted by Gasteiger charge is -2.30. The molecule has 0 spiro atoms. The number of rotatable bonds is 6. The predicted octanol–water partition coefficient (Wildman–Crippen LogP) is 2.75. The molecule has 0 atom stereocenters. The van der Waals surface area contributed by atoms with Crippen molar-refractivity contribution in [3.8, 4) is 0 Å². The Morgan fingerprint density at radius 2 is 2.18 bits per heavy atom. The van der Waals surface area contributed by atoms with E-state index in [1.165, 1.54) is 0 Å². The van der Waals surface area contributed by atoms with Crippen molar-refractivity contribution < 1.29 is 9.90 Å². The molecule has 3 nitrogen and oxygen atoms in total. The summed E-state index contributed by atoms with van der Waals surface area (Å²) in [5, 5.41) is 9.37. The van der Waals surface area contributed by atoms with Gasteiger partial charge < -0.3 is 10.0 Å². The number of carbonyl (C=O) groups excluding carboxylic acids is 1. The lowest BCUT2D eigenvalue weighted by molar-refractivity contribution is 0.112. The zero-order valence-electron chi connectivity index (χ0n) is 10.2. The van der Waals surface area contributed by atoms with Crippen molar-refractivity contribution in [1.82, 2.24) is 0 Å². The number of aliphatic hydroxyl groups is 1. The van der Waals surface area contributed by atoms with Crippen LogP contribution in [0.3, 0.4) is 0 Å². The number of nitrogens with zero attached hydrogens (tertiary/aromatic N) is 1. The minimum Gasteiger partial charge on any atom is -0.396 e. The van der Waals surface area contributed by atoms with Gasteiger partial charge in [0, 0.05) is 24.9 Å². The molecule has 17 heavy (non-hydrogen) atoms. The first kappa shape index (κ1) is 14.0. The van der Waals surface area contributed by atoms with Crippen molar-refractivity contribution in [2.75, 3.05) is 18.1 Å². The van der Waals surface area contributed by atoms with Gasteiger partial charge in [-0.05, 0) is 32.4 Å². The Morgan fingerprint density at radius 1 is 1.47 bits per heavy atom. The minimum absolute atomic E-state index is 0.139. The number of anilines is 1. The Labute approximate surface area is 107 Å². The molecule has 4 heteroatoms. The largest absolute Gasteiger partial charge is 0.396 e. The van der Waals surface area contributed by atoms with E-state index in [2.05, 4.69) is 4.90 Å². The molecule has 0 saturated carbocycles. The van der Waals surface area contributed by atoms with E-state index in [-0.39, 0.29) is 12.6 Å². The van der Waals surface area contributed by atoms with Gasteiger partial charge in [-0.25, -0.2) is 0 Å². The van der Waals surface area contributed by atoms with Crippen molar-refractivity contribution in [1.29, 1.82) is 0 Å². The zero-order chi connectivity index (χ0) is 12.8. The number of benzene rings is 1. The Hall–Kier alpha value is -1.06. The van der Waals surface area contributed by atoms with E-state index in [1.807, 2.05) is 26.0 Å². The van der Waals surface area contributed by atoms with Crippen molar-refractivity contribution in [2.24, 2.45) is 0 Å². The minimum atomic E-state index is 0.139. The van der Waals surface area contributed by atoms with Crippen LogP contribution in [-0.2, 0) is 0 Å². The van der Waals surface area contributed by atoms with Crippen molar-refractivity contribution >= 4 is 23.6 Å².